The summed E-state index contributed by atoms with van der Waals surface area (Å²) in [6, 6.07) is 0. The summed E-state index contributed by atoms with van der Waals surface area (Å²) in [5.74, 6) is 1.20. The van der Waals surface area contributed by atoms with Crippen LogP contribution < -0.4 is 5.11 Å². The smallest absolute Gasteiger partial charge is 0.107 e. The summed E-state index contributed by atoms with van der Waals surface area (Å²) in [5, 5.41) is 11.3. The first-order chi connectivity index (χ1) is 9.44. The number of fused-ring (bicyclic) bond motifs is 2. The van der Waals surface area contributed by atoms with E-state index in [4.69, 9.17) is 4.42 Å². The average molecular weight is 275 g/mol. The largest absolute Gasteiger partial charge is 0.550 e. The zero-order chi connectivity index (χ0) is 14.5. The third kappa shape index (κ3) is 1.82. The molecule has 1 heterocycles. The molecule has 20 heavy (non-hydrogen) atoms. The quantitative estimate of drug-likeness (QED) is 0.834. The molecule has 1 saturated carbocycles. The van der Waals surface area contributed by atoms with Gasteiger partial charge in [0, 0.05) is 18.0 Å². The molecule has 1 aromatic rings. The minimum atomic E-state index is -0.943. The molecule has 0 aromatic carbocycles. The Hall–Kier alpha value is -1.25. The van der Waals surface area contributed by atoms with Crippen molar-refractivity contribution in [1.82, 2.24) is 0 Å². The summed E-state index contributed by atoms with van der Waals surface area (Å²) in [5.41, 5.74) is 2.31. The Kier molecular flexibility index (Phi) is 3.19. The van der Waals surface area contributed by atoms with Gasteiger partial charge in [-0.15, -0.1) is 0 Å². The molecule has 0 bridgehead atoms. The van der Waals surface area contributed by atoms with Crippen LogP contribution in [0.2, 0.25) is 0 Å². The monoisotopic (exact) mass is 275 g/mol. The SMILES string of the molecule is Cc1coc2c1[C@@H](CC(=O)[O-])[C@@]1(C)[C@H](CCC[C@@H]1C)C2. The van der Waals surface area contributed by atoms with Gasteiger partial charge in [-0.2, -0.15) is 0 Å². The Morgan fingerprint density at radius 3 is 2.95 bits per heavy atom. The molecule has 0 amide bonds. The highest BCUT2D eigenvalue weighted by molar-refractivity contribution is 5.66. The number of carboxylic acids is 1. The second-order valence-corrected chi connectivity index (χ2v) is 6.98. The Morgan fingerprint density at radius 1 is 1.50 bits per heavy atom. The van der Waals surface area contributed by atoms with E-state index in [-0.39, 0.29) is 17.8 Å². The van der Waals surface area contributed by atoms with Crippen molar-refractivity contribution in [3.8, 4) is 0 Å². The van der Waals surface area contributed by atoms with Gasteiger partial charge in [0.05, 0.1) is 6.26 Å². The number of hydrogen-bond donors (Lipinski definition) is 0. The van der Waals surface area contributed by atoms with Crippen LogP contribution in [0.4, 0.5) is 0 Å². The first-order valence-electron chi connectivity index (χ1n) is 7.71. The molecule has 4 atom stereocenters. The van der Waals surface area contributed by atoms with Gasteiger partial charge in [-0.1, -0.05) is 26.7 Å². The topological polar surface area (TPSA) is 53.3 Å². The Labute approximate surface area is 120 Å². The molecule has 0 aliphatic heterocycles. The van der Waals surface area contributed by atoms with Gasteiger partial charge in [0.15, 0.2) is 0 Å². The molecule has 1 aromatic heterocycles. The highest BCUT2D eigenvalue weighted by Gasteiger charge is 2.52. The van der Waals surface area contributed by atoms with Gasteiger partial charge in [-0.05, 0) is 48.5 Å². The zero-order valence-corrected chi connectivity index (χ0v) is 12.6. The van der Waals surface area contributed by atoms with E-state index in [2.05, 4.69) is 13.8 Å². The van der Waals surface area contributed by atoms with Gasteiger partial charge in [0.2, 0.25) is 0 Å². The van der Waals surface area contributed by atoms with Crippen LogP contribution in [-0.2, 0) is 11.2 Å². The summed E-state index contributed by atoms with van der Waals surface area (Å²) in [7, 11) is 0. The van der Waals surface area contributed by atoms with Crippen molar-refractivity contribution >= 4 is 5.97 Å². The van der Waals surface area contributed by atoms with Gasteiger partial charge in [0.25, 0.3) is 0 Å². The van der Waals surface area contributed by atoms with Crippen molar-refractivity contribution in [2.24, 2.45) is 17.3 Å². The van der Waals surface area contributed by atoms with E-state index < -0.39 is 5.97 Å². The van der Waals surface area contributed by atoms with Gasteiger partial charge in [-0.3, -0.25) is 0 Å². The predicted octanol–water partition coefficient (Wildman–Crippen LogP) is 2.81. The van der Waals surface area contributed by atoms with Gasteiger partial charge >= 0.3 is 0 Å². The average Bonchev–Trinajstić information content (AvgIpc) is 2.73. The minimum Gasteiger partial charge on any atom is -0.550 e. The van der Waals surface area contributed by atoms with Crippen LogP contribution in [0.1, 0.15) is 62.3 Å². The predicted molar refractivity (Wildman–Crippen MR) is 74.1 cm³/mol. The second kappa shape index (κ2) is 4.64. The maximum Gasteiger partial charge on any atom is 0.107 e. The molecule has 0 unspecified atom stereocenters. The number of carbonyl (C=O) groups is 1. The van der Waals surface area contributed by atoms with Gasteiger partial charge < -0.3 is 14.3 Å². The standard InChI is InChI=1S/C17H24O3/c1-10-9-20-14-7-12-6-4-5-11(2)17(12,3)13(16(10)14)8-15(18)19/h9,11-13H,4-8H2,1-3H3,(H,18,19)/p-1/t11-,12+,13+,17+/m0/s1. The summed E-state index contributed by atoms with van der Waals surface area (Å²) in [4.78, 5) is 11.3. The van der Waals surface area contributed by atoms with E-state index >= 15 is 0 Å². The molecule has 0 radical (unpaired) electrons. The molecule has 0 saturated heterocycles. The molecule has 2 aliphatic rings. The number of hydrogen-bond acceptors (Lipinski definition) is 3. The Morgan fingerprint density at radius 2 is 2.25 bits per heavy atom. The van der Waals surface area contributed by atoms with Crippen LogP contribution in [0.15, 0.2) is 10.7 Å². The van der Waals surface area contributed by atoms with E-state index in [0.717, 1.165) is 23.3 Å². The molecular weight excluding hydrogens is 252 g/mol. The van der Waals surface area contributed by atoms with Crippen LogP contribution in [0, 0.1) is 24.2 Å². The maximum atomic E-state index is 11.3. The van der Waals surface area contributed by atoms with Crippen LogP contribution in [-0.4, -0.2) is 5.97 Å². The molecule has 3 rings (SSSR count). The second-order valence-electron chi connectivity index (χ2n) is 6.98. The number of rotatable bonds is 2. The summed E-state index contributed by atoms with van der Waals surface area (Å²) < 4.78 is 5.71. The van der Waals surface area contributed by atoms with Crippen molar-refractivity contribution in [1.29, 1.82) is 0 Å². The number of aliphatic carboxylic acids is 1. The third-order valence-electron chi connectivity index (χ3n) is 6.14. The normalized spacial score (nSPS) is 36.2. The molecule has 110 valence electrons. The Balaban J connectivity index is 2.11. The highest BCUT2D eigenvalue weighted by atomic mass is 16.4. The van der Waals surface area contributed by atoms with Gasteiger partial charge in [-0.25, -0.2) is 0 Å². The lowest BCUT2D eigenvalue weighted by atomic mass is 9.50. The van der Waals surface area contributed by atoms with E-state index in [9.17, 15) is 9.90 Å². The molecular formula is C17H23O3-. The number of aryl methyl sites for hydroxylation is 1. The molecule has 3 nitrogen and oxygen atoms in total. The fourth-order valence-corrected chi connectivity index (χ4v) is 4.80. The van der Waals surface area contributed by atoms with Crippen LogP contribution in [0.3, 0.4) is 0 Å². The molecule has 0 spiro atoms. The van der Waals surface area contributed by atoms with Crippen molar-refractivity contribution in [2.75, 3.05) is 0 Å². The fraction of sp³-hybridized carbons (Fsp3) is 0.706. The first-order valence-corrected chi connectivity index (χ1v) is 7.71. The van der Waals surface area contributed by atoms with E-state index in [1.165, 1.54) is 19.3 Å². The van der Waals surface area contributed by atoms with Crippen molar-refractivity contribution in [3.63, 3.8) is 0 Å². The molecule has 3 heteroatoms. The van der Waals surface area contributed by atoms with E-state index in [1.54, 1.807) is 6.26 Å². The zero-order valence-electron chi connectivity index (χ0n) is 12.6. The summed E-state index contributed by atoms with van der Waals surface area (Å²) >= 11 is 0. The number of carboxylic acid groups (broad SMARTS) is 1. The van der Waals surface area contributed by atoms with E-state index in [1.807, 2.05) is 6.92 Å². The molecule has 2 aliphatic carbocycles. The highest BCUT2D eigenvalue weighted by Crippen LogP contribution is 2.59. The summed E-state index contributed by atoms with van der Waals surface area (Å²) in [6.45, 7) is 6.61. The van der Waals surface area contributed by atoms with Gasteiger partial charge in [0.1, 0.15) is 5.76 Å². The lowest BCUT2D eigenvalue weighted by Crippen LogP contribution is -2.48. The number of furan rings is 1. The maximum absolute atomic E-state index is 11.3. The minimum absolute atomic E-state index is 0.0373. The van der Waals surface area contributed by atoms with Crippen LogP contribution in [0.5, 0.6) is 0 Å². The molecule has 1 fully saturated rings. The molecule has 0 N–H and O–H groups in total. The van der Waals surface area contributed by atoms with Crippen LogP contribution >= 0.6 is 0 Å². The van der Waals surface area contributed by atoms with Crippen LogP contribution in [0.25, 0.3) is 0 Å². The lowest BCUT2D eigenvalue weighted by Gasteiger charge is -2.54. The van der Waals surface area contributed by atoms with Crippen molar-refractivity contribution in [3.05, 3.63) is 23.2 Å². The van der Waals surface area contributed by atoms with E-state index in [0.29, 0.717) is 11.8 Å². The third-order valence-corrected chi connectivity index (χ3v) is 6.14. The Bertz CT molecular complexity index is 530. The first kappa shape index (κ1) is 13.7. The number of carbonyl (C=O) groups excluding carboxylic acids is 1. The van der Waals surface area contributed by atoms with Crippen molar-refractivity contribution in [2.45, 2.75) is 58.8 Å². The fourth-order valence-electron chi connectivity index (χ4n) is 4.80. The lowest BCUT2D eigenvalue weighted by molar-refractivity contribution is -0.307. The summed E-state index contributed by atoms with van der Waals surface area (Å²) in [6.07, 6.45) is 6.50. The van der Waals surface area contributed by atoms with Crippen molar-refractivity contribution < 1.29 is 14.3 Å².